The summed E-state index contributed by atoms with van der Waals surface area (Å²) in [5.74, 6) is -8.75. The molecular formula is C30H47NO19. The van der Waals surface area contributed by atoms with Gasteiger partial charge in [0, 0.05) is 45.4 Å². The molecule has 286 valence electrons. The smallest absolute Gasteiger partial charge is 0.335 e. The van der Waals surface area contributed by atoms with Crippen LogP contribution in [0.25, 0.3) is 0 Å². The van der Waals surface area contributed by atoms with Crippen molar-refractivity contribution < 1.29 is 93.6 Å². The summed E-state index contributed by atoms with van der Waals surface area (Å²) >= 11 is 0. The lowest BCUT2D eigenvalue weighted by Gasteiger charge is -2.47. The molecule has 20 nitrogen and oxygen atoms in total. The van der Waals surface area contributed by atoms with Crippen molar-refractivity contribution in [2.24, 2.45) is 17.8 Å². The number of nitrogens with one attached hydrogen (secondary N) is 1. The number of ether oxygens (including phenoxy) is 6. The van der Waals surface area contributed by atoms with E-state index in [2.05, 4.69) is 5.32 Å². The molecule has 0 spiro atoms. The molecule has 4 fully saturated rings. The molecule has 10 N–H and O–H groups in total. The summed E-state index contributed by atoms with van der Waals surface area (Å²) in [4.78, 5) is 49.0. The fourth-order valence-corrected chi connectivity index (χ4v) is 7.53. The molecule has 0 aliphatic carbocycles. The Morgan fingerprint density at radius 1 is 0.600 bits per heavy atom. The van der Waals surface area contributed by atoms with Crippen LogP contribution in [0.2, 0.25) is 0 Å². The van der Waals surface area contributed by atoms with E-state index in [0.717, 1.165) is 7.11 Å². The van der Waals surface area contributed by atoms with Gasteiger partial charge in [-0.25, -0.2) is 14.4 Å². The second kappa shape index (κ2) is 16.8. The summed E-state index contributed by atoms with van der Waals surface area (Å²) in [5.41, 5.74) is 0. The number of hydrogen-bond acceptors (Lipinski definition) is 16. The Hall–Kier alpha value is -2.60. The Morgan fingerprint density at radius 3 is 1.66 bits per heavy atom. The van der Waals surface area contributed by atoms with Crippen LogP contribution in [0.4, 0.5) is 0 Å². The molecule has 0 radical (unpaired) electrons. The zero-order chi connectivity index (χ0) is 37.2. The van der Waals surface area contributed by atoms with Gasteiger partial charge in [0.05, 0.1) is 48.8 Å². The van der Waals surface area contributed by atoms with Crippen molar-refractivity contribution in [1.82, 2.24) is 5.32 Å². The third-order valence-corrected chi connectivity index (χ3v) is 10.2. The molecule has 0 aromatic carbocycles. The fourth-order valence-electron chi connectivity index (χ4n) is 7.53. The number of carbonyl (C=O) groups is 4. The number of aliphatic carboxylic acids is 3. The fraction of sp³-hybridized carbons (Fsp3) is 0.867. The van der Waals surface area contributed by atoms with Gasteiger partial charge in [-0.15, -0.1) is 0 Å². The van der Waals surface area contributed by atoms with Gasteiger partial charge in [-0.1, -0.05) is 0 Å². The molecule has 18 unspecified atom stereocenters. The number of aliphatic hydroxyl groups excluding tert-OH is 6. The highest BCUT2D eigenvalue weighted by molar-refractivity contribution is 5.81. The lowest BCUT2D eigenvalue weighted by Crippen LogP contribution is -2.62. The van der Waals surface area contributed by atoms with Crippen molar-refractivity contribution in [3.8, 4) is 0 Å². The van der Waals surface area contributed by atoms with E-state index in [0.29, 0.717) is 0 Å². The highest BCUT2D eigenvalue weighted by Gasteiger charge is 2.54. The summed E-state index contributed by atoms with van der Waals surface area (Å²) in [6.45, 7) is 0. The highest BCUT2D eigenvalue weighted by Crippen LogP contribution is 2.40. The number of likely N-dealkylation sites (N-methyl/N-ethyl adjacent to an activating group) is 1. The Bertz CT molecular complexity index is 1210. The number of carboxylic acids is 3. The summed E-state index contributed by atoms with van der Waals surface area (Å²) in [6, 6.07) is 0. The van der Waals surface area contributed by atoms with Crippen LogP contribution in [-0.4, -0.2) is 183 Å². The van der Waals surface area contributed by atoms with E-state index in [1.54, 1.807) is 0 Å². The first kappa shape index (κ1) is 40.2. The molecule has 0 aromatic heterocycles. The van der Waals surface area contributed by atoms with Crippen molar-refractivity contribution >= 4 is 23.8 Å². The normalized spacial score (nSPS) is 45.4. The third-order valence-electron chi connectivity index (χ3n) is 10.2. The molecule has 20 heteroatoms. The predicted octanol–water partition coefficient (Wildman–Crippen LogP) is -4.36. The van der Waals surface area contributed by atoms with Crippen molar-refractivity contribution in [3.05, 3.63) is 0 Å². The van der Waals surface area contributed by atoms with E-state index in [1.807, 2.05) is 0 Å². The average molecular weight is 726 g/mol. The number of carboxylic acid groups (broad SMARTS) is 3. The standard InChI is InChI=1S/C30H47NO19/c1-31-26(38)23-10(18(34)20(36)16(49-23)7-11-19(35)21(37)30(46-3)50-24(11)28(41)42)6-15-12(32)4-9(22(47-15)27(39)40)5-14-13(33)8-17(45-2)25(48-14)29(43)44/h9-25,30,32-37H,4-8H2,1-3H3,(H,31,38)(H,39,40)(H,41,42)(H,43,44). The Morgan fingerprint density at radius 2 is 1.10 bits per heavy atom. The number of aliphatic hydroxyl groups is 6. The molecule has 4 heterocycles. The van der Waals surface area contributed by atoms with E-state index in [9.17, 15) is 65.1 Å². The van der Waals surface area contributed by atoms with Crippen LogP contribution in [0, 0.1) is 17.8 Å². The van der Waals surface area contributed by atoms with Gasteiger partial charge >= 0.3 is 17.9 Å². The van der Waals surface area contributed by atoms with Crippen LogP contribution in [-0.2, 0) is 47.6 Å². The van der Waals surface area contributed by atoms with Gasteiger partial charge in [0.25, 0.3) is 0 Å². The SMILES string of the molecule is CNC(=O)C1OC(CC2C(C(=O)O)OC(OC)C(O)C2O)C(O)C(O)C1CC1OC(C(=O)O)C(CC2OC(C(=O)O)C(OC)CC2O)CC1O. The number of amides is 1. The molecule has 1 amide bonds. The van der Waals surface area contributed by atoms with Gasteiger partial charge in [-0.3, -0.25) is 4.79 Å². The van der Waals surface area contributed by atoms with Crippen molar-refractivity contribution in [2.45, 2.75) is 124 Å². The van der Waals surface area contributed by atoms with Crippen LogP contribution in [0.3, 0.4) is 0 Å². The van der Waals surface area contributed by atoms with Gasteiger partial charge < -0.3 is 79.7 Å². The molecule has 4 aliphatic rings. The van der Waals surface area contributed by atoms with E-state index in [4.69, 9.17) is 28.4 Å². The molecule has 4 saturated heterocycles. The Kier molecular flexibility index (Phi) is 13.5. The van der Waals surface area contributed by atoms with E-state index in [-0.39, 0.29) is 19.3 Å². The van der Waals surface area contributed by atoms with Crippen LogP contribution < -0.4 is 5.32 Å². The summed E-state index contributed by atoms with van der Waals surface area (Å²) < 4.78 is 32.5. The van der Waals surface area contributed by atoms with Crippen molar-refractivity contribution in [3.63, 3.8) is 0 Å². The lowest BCUT2D eigenvalue weighted by molar-refractivity contribution is -0.284. The van der Waals surface area contributed by atoms with E-state index in [1.165, 1.54) is 14.2 Å². The van der Waals surface area contributed by atoms with Gasteiger partial charge in [-0.05, 0) is 25.7 Å². The second-order valence-electron chi connectivity index (χ2n) is 13.2. The number of carbonyl (C=O) groups excluding carboxylic acids is 1. The Labute approximate surface area is 285 Å². The van der Waals surface area contributed by atoms with Crippen LogP contribution in [0.15, 0.2) is 0 Å². The van der Waals surface area contributed by atoms with E-state index < -0.39 is 146 Å². The number of methoxy groups -OCH3 is 2. The van der Waals surface area contributed by atoms with Gasteiger partial charge in [0.2, 0.25) is 5.91 Å². The zero-order valence-electron chi connectivity index (χ0n) is 27.5. The molecule has 18 atom stereocenters. The van der Waals surface area contributed by atoms with Gasteiger partial charge in [0.1, 0.15) is 18.3 Å². The minimum atomic E-state index is -1.80. The summed E-state index contributed by atoms with van der Waals surface area (Å²) in [7, 11) is 3.66. The first-order chi connectivity index (χ1) is 23.5. The maximum absolute atomic E-state index is 13.0. The second-order valence-corrected chi connectivity index (χ2v) is 13.2. The van der Waals surface area contributed by atoms with E-state index >= 15 is 0 Å². The van der Waals surface area contributed by atoms with Gasteiger partial charge in [-0.2, -0.15) is 0 Å². The maximum atomic E-state index is 13.0. The highest BCUT2D eigenvalue weighted by atomic mass is 16.7. The largest absolute Gasteiger partial charge is 0.479 e. The van der Waals surface area contributed by atoms with Crippen molar-refractivity contribution in [2.75, 3.05) is 21.3 Å². The average Bonchev–Trinajstić information content (AvgIpc) is 3.07. The first-order valence-corrected chi connectivity index (χ1v) is 16.2. The third kappa shape index (κ3) is 8.37. The minimum Gasteiger partial charge on any atom is -0.479 e. The summed E-state index contributed by atoms with van der Waals surface area (Å²) in [6.07, 6.45) is -23.7. The Balaban J connectivity index is 1.49. The maximum Gasteiger partial charge on any atom is 0.335 e. The topological polar surface area (TPSA) is 318 Å². The molecule has 50 heavy (non-hydrogen) atoms. The molecule has 0 aromatic rings. The van der Waals surface area contributed by atoms with Crippen LogP contribution >= 0.6 is 0 Å². The monoisotopic (exact) mass is 725 g/mol. The summed E-state index contributed by atoms with van der Waals surface area (Å²) in [5, 5.41) is 96.9. The lowest BCUT2D eigenvalue weighted by atomic mass is 9.76. The first-order valence-electron chi connectivity index (χ1n) is 16.2. The molecule has 0 saturated carbocycles. The minimum absolute atomic E-state index is 0.101. The predicted molar refractivity (Wildman–Crippen MR) is 159 cm³/mol. The quantitative estimate of drug-likeness (QED) is 0.0908. The zero-order valence-corrected chi connectivity index (χ0v) is 27.5. The molecule has 4 aliphatic heterocycles. The number of rotatable bonds is 12. The van der Waals surface area contributed by atoms with Crippen molar-refractivity contribution in [1.29, 1.82) is 0 Å². The van der Waals surface area contributed by atoms with Crippen LogP contribution in [0.1, 0.15) is 32.1 Å². The van der Waals surface area contributed by atoms with Crippen LogP contribution in [0.5, 0.6) is 0 Å². The molecule has 4 rings (SSSR count). The molecule has 0 bridgehead atoms. The number of hydrogen-bond donors (Lipinski definition) is 10. The van der Waals surface area contributed by atoms with Gasteiger partial charge in [0.15, 0.2) is 24.6 Å². The molecular weight excluding hydrogens is 678 g/mol.